The SMILES string of the molecule is C#Cc1ccc(-c2cnc([C@@H]3CC(F)(F)CN3C(=O)C(NC(=O)OC)C(C)C)[nH]2)cc1. The molecule has 31 heavy (non-hydrogen) atoms. The second kappa shape index (κ2) is 8.76. The molecule has 0 bridgehead atoms. The molecule has 1 aliphatic heterocycles. The summed E-state index contributed by atoms with van der Waals surface area (Å²) in [5.74, 6) is -1.24. The Balaban J connectivity index is 1.88. The number of imidazole rings is 1. The molecule has 0 saturated carbocycles. The van der Waals surface area contributed by atoms with Crippen LogP contribution in [0.3, 0.4) is 0 Å². The number of aromatic nitrogens is 2. The average Bonchev–Trinajstić information content (AvgIpc) is 3.35. The van der Waals surface area contributed by atoms with Crippen LogP contribution in [0.1, 0.15) is 37.7 Å². The summed E-state index contributed by atoms with van der Waals surface area (Å²) in [4.78, 5) is 33.2. The van der Waals surface area contributed by atoms with Crippen molar-refractivity contribution in [1.29, 1.82) is 0 Å². The summed E-state index contributed by atoms with van der Waals surface area (Å²) < 4.78 is 33.2. The lowest BCUT2D eigenvalue weighted by atomic mass is 10.0. The number of likely N-dealkylation sites (tertiary alicyclic amines) is 1. The van der Waals surface area contributed by atoms with Gasteiger partial charge in [-0.05, 0) is 23.6 Å². The number of ether oxygens (including phenoxy) is 1. The Morgan fingerprint density at radius 2 is 2.03 bits per heavy atom. The first-order chi connectivity index (χ1) is 14.6. The van der Waals surface area contributed by atoms with Crippen molar-refractivity contribution < 1.29 is 23.1 Å². The van der Waals surface area contributed by atoms with E-state index in [0.29, 0.717) is 11.3 Å². The van der Waals surface area contributed by atoms with Gasteiger partial charge in [-0.2, -0.15) is 0 Å². The number of benzene rings is 1. The number of carbonyl (C=O) groups excluding carboxylic acids is 2. The van der Waals surface area contributed by atoms with Gasteiger partial charge in [0.2, 0.25) is 5.91 Å². The fourth-order valence-electron chi connectivity index (χ4n) is 3.57. The number of nitrogens with zero attached hydrogens (tertiary/aromatic N) is 2. The number of alkyl halides is 2. The molecule has 0 spiro atoms. The molecule has 9 heteroatoms. The first-order valence-electron chi connectivity index (χ1n) is 9.80. The minimum absolute atomic E-state index is 0.252. The van der Waals surface area contributed by atoms with Gasteiger partial charge in [-0.3, -0.25) is 4.79 Å². The first-order valence-corrected chi connectivity index (χ1v) is 9.80. The third-order valence-electron chi connectivity index (χ3n) is 5.22. The number of rotatable bonds is 5. The van der Waals surface area contributed by atoms with Crippen molar-refractivity contribution in [2.45, 2.75) is 38.3 Å². The zero-order chi connectivity index (χ0) is 22.8. The Hall–Kier alpha value is -3.41. The predicted octanol–water partition coefficient (Wildman–Crippen LogP) is 3.35. The zero-order valence-corrected chi connectivity index (χ0v) is 17.5. The molecule has 0 aliphatic carbocycles. The third kappa shape index (κ3) is 4.85. The van der Waals surface area contributed by atoms with Gasteiger partial charge in [-0.15, -0.1) is 6.42 Å². The molecule has 164 valence electrons. The van der Waals surface area contributed by atoms with Crippen molar-refractivity contribution in [1.82, 2.24) is 20.2 Å². The normalized spacial score (nSPS) is 18.5. The van der Waals surface area contributed by atoms with Gasteiger partial charge in [0.25, 0.3) is 5.92 Å². The van der Waals surface area contributed by atoms with E-state index in [4.69, 9.17) is 6.42 Å². The minimum atomic E-state index is -3.07. The van der Waals surface area contributed by atoms with Gasteiger partial charge in [-0.25, -0.2) is 18.6 Å². The smallest absolute Gasteiger partial charge is 0.407 e. The van der Waals surface area contributed by atoms with E-state index in [2.05, 4.69) is 25.9 Å². The maximum atomic E-state index is 14.3. The van der Waals surface area contributed by atoms with E-state index < -0.39 is 43.0 Å². The molecule has 1 aromatic heterocycles. The molecule has 2 heterocycles. The molecule has 1 unspecified atom stereocenters. The van der Waals surface area contributed by atoms with Crippen LogP contribution in [-0.4, -0.2) is 52.5 Å². The highest BCUT2D eigenvalue weighted by atomic mass is 19.3. The van der Waals surface area contributed by atoms with Gasteiger partial charge in [-0.1, -0.05) is 31.9 Å². The molecule has 2 amide bonds. The Kier molecular flexibility index (Phi) is 6.29. The van der Waals surface area contributed by atoms with Gasteiger partial charge in [0.05, 0.1) is 31.6 Å². The van der Waals surface area contributed by atoms with E-state index >= 15 is 0 Å². The zero-order valence-electron chi connectivity index (χ0n) is 17.5. The van der Waals surface area contributed by atoms with Gasteiger partial charge < -0.3 is 19.9 Å². The third-order valence-corrected chi connectivity index (χ3v) is 5.22. The number of hydrogen-bond acceptors (Lipinski definition) is 4. The summed E-state index contributed by atoms with van der Waals surface area (Å²) in [7, 11) is 1.17. The highest BCUT2D eigenvalue weighted by molar-refractivity contribution is 5.86. The number of alkyl carbamates (subject to hydrolysis) is 1. The molecule has 2 atom stereocenters. The first kappa shape index (κ1) is 22.3. The number of hydrogen-bond donors (Lipinski definition) is 2. The lowest BCUT2D eigenvalue weighted by Gasteiger charge is -2.29. The van der Waals surface area contributed by atoms with Crippen molar-refractivity contribution in [3.05, 3.63) is 41.9 Å². The molecule has 2 aromatic rings. The second-order valence-electron chi connectivity index (χ2n) is 7.80. The number of terminal acetylenes is 1. The Morgan fingerprint density at radius 3 is 2.61 bits per heavy atom. The van der Waals surface area contributed by atoms with Crippen LogP contribution in [0.4, 0.5) is 13.6 Å². The molecule has 1 saturated heterocycles. The number of methoxy groups -OCH3 is 1. The van der Waals surface area contributed by atoms with Crippen molar-refractivity contribution >= 4 is 12.0 Å². The molecule has 1 aliphatic rings. The molecule has 7 nitrogen and oxygen atoms in total. The van der Waals surface area contributed by atoms with Gasteiger partial charge in [0.15, 0.2) is 0 Å². The summed E-state index contributed by atoms with van der Waals surface area (Å²) in [6, 6.07) is 5.17. The monoisotopic (exact) mass is 430 g/mol. The molecule has 3 rings (SSSR count). The Labute approximate surface area is 179 Å². The number of amides is 2. The van der Waals surface area contributed by atoms with E-state index in [0.717, 1.165) is 10.5 Å². The standard InChI is InChI=1S/C22H24F2N4O3/c1-5-14-6-8-15(9-7-14)16-11-25-19(26-16)17-10-22(23,24)12-28(17)20(29)18(13(2)3)27-21(30)31-4/h1,6-9,11,13,17-18H,10,12H2,2-4H3,(H,25,26)(H,27,30)/t17-,18?/m0/s1. The lowest BCUT2D eigenvalue weighted by Crippen LogP contribution is -2.51. The molecule has 1 aromatic carbocycles. The Morgan fingerprint density at radius 1 is 1.35 bits per heavy atom. The minimum Gasteiger partial charge on any atom is -0.453 e. The number of H-pyrrole nitrogens is 1. The highest BCUT2D eigenvalue weighted by Gasteiger charge is 2.50. The largest absolute Gasteiger partial charge is 0.453 e. The fraction of sp³-hybridized carbons (Fsp3) is 0.409. The molecule has 0 radical (unpaired) electrons. The number of nitrogens with one attached hydrogen (secondary N) is 2. The quantitative estimate of drug-likeness (QED) is 0.713. The molecular formula is C22H24F2N4O3. The molecule has 1 fully saturated rings. The summed E-state index contributed by atoms with van der Waals surface area (Å²) in [6.07, 6.45) is 5.53. The second-order valence-corrected chi connectivity index (χ2v) is 7.80. The van der Waals surface area contributed by atoms with Gasteiger partial charge >= 0.3 is 6.09 Å². The highest BCUT2D eigenvalue weighted by Crippen LogP contribution is 2.41. The van der Waals surface area contributed by atoms with Crippen LogP contribution >= 0.6 is 0 Å². The number of halogens is 2. The van der Waals surface area contributed by atoms with Gasteiger partial charge in [0, 0.05) is 12.0 Å². The van der Waals surface area contributed by atoms with Crippen LogP contribution < -0.4 is 5.32 Å². The van der Waals surface area contributed by atoms with Crippen molar-refractivity contribution in [2.24, 2.45) is 5.92 Å². The lowest BCUT2D eigenvalue weighted by molar-refractivity contribution is -0.136. The number of aromatic amines is 1. The van der Waals surface area contributed by atoms with Crippen LogP contribution in [0.15, 0.2) is 30.5 Å². The number of carbonyl (C=O) groups is 2. The van der Waals surface area contributed by atoms with E-state index in [9.17, 15) is 18.4 Å². The van der Waals surface area contributed by atoms with Crippen LogP contribution in [-0.2, 0) is 9.53 Å². The van der Waals surface area contributed by atoms with Crippen molar-refractivity contribution in [2.75, 3.05) is 13.7 Å². The van der Waals surface area contributed by atoms with E-state index in [1.54, 1.807) is 38.1 Å². The summed E-state index contributed by atoms with van der Waals surface area (Å²) in [5.41, 5.74) is 2.12. The average molecular weight is 430 g/mol. The van der Waals surface area contributed by atoms with Gasteiger partial charge in [0.1, 0.15) is 11.9 Å². The maximum Gasteiger partial charge on any atom is 0.407 e. The summed E-state index contributed by atoms with van der Waals surface area (Å²) in [6.45, 7) is 2.68. The van der Waals surface area contributed by atoms with Crippen LogP contribution in [0.2, 0.25) is 0 Å². The van der Waals surface area contributed by atoms with E-state index in [-0.39, 0.29) is 11.7 Å². The maximum absolute atomic E-state index is 14.3. The predicted molar refractivity (Wildman–Crippen MR) is 110 cm³/mol. The van der Waals surface area contributed by atoms with Crippen LogP contribution in [0.25, 0.3) is 11.3 Å². The Bertz CT molecular complexity index is 995. The summed E-state index contributed by atoms with van der Waals surface area (Å²) in [5, 5.41) is 2.44. The van der Waals surface area contributed by atoms with E-state index in [1.807, 2.05) is 0 Å². The van der Waals surface area contributed by atoms with Crippen LogP contribution in [0, 0.1) is 18.3 Å². The molecular weight excluding hydrogens is 406 g/mol. The van der Waals surface area contributed by atoms with Crippen molar-refractivity contribution in [3.63, 3.8) is 0 Å². The fourth-order valence-corrected chi connectivity index (χ4v) is 3.57. The summed E-state index contributed by atoms with van der Waals surface area (Å²) >= 11 is 0. The van der Waals surface area contributed by atoms with E-state index in [1.165, 1.54) is 13.3 Å². The van der Waals surface area contributed by atoms with Crippen LogP contribution in [0.5, 0.6) is 0 Å². The molecule has 2 N–H and O–H groups in total. The topological polar surface area (TPSA) is 87.3 Å². The van der Waals surface area contributed by atoms with Crippen molar-refractivity contribution in [3.8, 4) is 23.6 Å².